The topological polar surface area (TPSA) is 71.1 Å². The lowest BCUT2D eigenvalue weighted by molar-refractivity contribution is -0.111. The standard InChI is InChI=1S/C38H36O6/c1-5-41-29-17-9-25(10-18-29)33-34(26-11-19-30(20-12-26)42-6-2)38(40)36(28-15-23-32(24-16-28)44-8-4)35(37(33)39)27-13-21-31(22-14-27)43-7-3/h9-24H,5-8H2,1-4H3. The molecule has 0 atom stereocenters. The van der Waals surface area contributed by atoms with Gasteiger partial charge in [0.2, 0.25) is 0 Å². The van der Waals surface area contributed by atoms with Crippen molar-refractivity contribution in [2.45, 2.75) is 27.7 Å². The van der Waals surface area contributed by atoms with Gasteiger partial charge in [-0.25, -0.2) is 0 Å². The van der Waals surface area contributed by atoms with Gasteiger partial charge in [-0.15, -0.1) is 0 Å². The summed E-state index contributed by atoms with van der Waals surface area (Å²) in [5.74, 6) is 2.26. The molecule has 6 heteroatoms. The van der Waals surface area contributed by atoms with Crippen LogP contribution in [0.5, 0.6) is 23.0 Å². The Hall–Kier alpha value is -5.10. The molecular formula is C38H36O6. The molecule has 4 aromatic rings. The van der Waals surface area contributed by atoms with Gasteiger partial charge in [0.15, 0.2) is 11.6 Å². The van der Waals surface area contributed by atoms with Gasteiger partial charge in [-0.05, 0) is 98.5 Å². The maximum Gasteiger partial charge on any atom is 0.195 e. The number of allylic oxidation sites excluding steroid dienone is 4. The van der Waals surface area contributed by atoms with Crippen LogP contribution in [0.1, 0.15) is 49.9 Å². The molecule has 0 bridgehead atoms. The van der Waals surface area contributed by atoms with E-state index in [2.05, 4.69) is 0 Å². The van der Waals surface area contributed by atoms with Crippen molar-refractivity contribution in [1.82, 2.24) is 0 Å². The van der Waals surface area contributed by atoms with Crippen LogP contribution in [-0.4, -0.2) is 38.0 Å². The summed E-state index contributed by atoms with van der Waals surface area (Å²) in [7, 11) is 0. The summed E-state index contributed by atoms with van der Waals surface area (Å²) in [6.45, 7) is 9.75. The van der Waals surface area contributed by atoms with Crippen LogP contribution in [0.2, 0.25) is 0 Å². The second kappa shape index (κ2) is 13.9. The zero-order valence-electron chi connectivity index (χ0n) is 25.5. The molecule has 0 radical (unpaired) electrons. The highest BCUT2D eigenvalue weighted by Gasteiger charge is 2.37. The zero-order chi connectivity index (χ0) is 31.1. The Labute approximate surface area is 258 Å². The molecular weight excluding hydrogens is 552 g/mol. The summed E-state index contributed by atoms with van der Waals surface area (Å²) in [6, 6.07) is 29.2. The Morgan fingerprint density at radius 2 is 0.523 bits per heavy atom. The van der Waals surface area contributed by atoms with Crippen LogP contribution in [0.25, 0.3) is 22.3 Å². The van der Waals surface area contributed by atoms with Gasteiger partial charge in [0.25, 0.3) is 0 Å². The van der Waals surface area contributed by atoms with E-state index in [0.29, 0.717) is 94.0 Å². The van der Waals surface area contributed by atoms with E-state index in [1.807, 2.05) is 125 Å². The van der Waals surface area contributed by atoms with Crippen LogP contribution in [0.4, 0.5) is 0 Å². The van der Waals surface area contributed by atoms with Gasteiger partial charge in [0, 0.05) is 22.3 Å². The number of Topliss-reactive ketones (excluding diaryl/α,β-unsaturated/α-hetero) is 2. The fourth-order valence-corrected chi connectivity index (χ4v) is 5.34. The third-order valence-electron chi connectivity index (χ3n) is 7.22. The van der Waals surface area contributed by atoms with Gasteiger partial charge in [-0.2, -0.15) is 0 Å². The van der Waals surface area contributed by atoms with E-state index in [4.69, 9.17) is 18.9 Å². The summed E-state index contributed by atoms with van der Waals surface area (Å²) in [6.07, 6.45) is 0. The predicted octanol–water partition coefficient (Wildman–Crippen LogP) is 7.96. The number of rotatable bonds is 12. The maximum absolute atomic E-state index is 14.8. The number of ether oxygens (including phenoxy) is 4. The van der Waals surface area contributed by atoms with E-state index >= 15 is 0 Å². The minimum absolute atomic E-state index is 0.245. The summed E-state index contributed by atoms with van der Waals surface area (Å²) in [5, 5.41) is 0. The molecule has 0 fully saturated rings. The molecule has 5 rings (SSSR count). The molecule has 0 aliphatic heterocycles. The fraction of sp³-hybridized carbons (Fsp3) is 0.211. The highest BCUT2D eigenvalue weighted by Crippen LogP contribution is 2.44. The molecule has 4 aromatic carbocycles. The number of carbonyl (C=O) groups excluding carboxylic acids is 2. The number of hydrogen-bond acceptors (Lipinski definition) is 6. The predicted molar refractivity (Wildman–Crippen MR) is 174 cm³/mol. The van der Waals surface area contributed by atoms with E-state index in [0.717, 1.165) is 0 Å². The molecule has 0 unspecified atom stereocenters. The third-order valence-corrected chi connectivity index (χ3v) is 7.22. The first kappa shape index (κ1) is 30.4. The number of hydrogen-bond donors (Lipinski definition) is 0. The maximum atomic E-state index is 14.8. The Bertz CT molecular complexity index is 1420. The molecule has 0 saturated heterocycles. The quantitative estimate of drug-likeness (QED) is 0.156. The van der Waals surface area contributed by atoms with E-state index < -0.39 is 0 Å². The van der Waals surface area contributed by atoms with Crippen LogP contribution >= 0.6 is 0 Å². The minimum Gasteiger partial charge on any atom is -0.494 e. The van der Waals surface area contributed by atoms with Crippen LogP contribution in [0.3, 0.4) is 0 Å². The smallest absolute Gasteiger partial charge is 0.195 e. The van der Waals surface area contributed by atoms with E-state index in [-0.39, 0.29) is 11.6 Å². The molecule has 0 heterocycles. The summed E-state index contributed by atoms with van der Waals surface area (Å²) in [5.41, 5.74) is 3.85. The molecule has 1 aliphatic rings. The van der Waals surface area contributed by atoms with E-state index in [1.54, 1.807) is 0 Å². The molecule has 6 nitrogen and oxygen atoms in total. The molecule has 0 saturated carbocycles. The van der Waals surface area contributed by atoms with Crippen LogP contribution in [0, 0.1) is 0 Å². The number of benzene rings is 4. The van der Waals surface area contributed by atoms with Gasteiger partial charge in [0.05, 0.1) is 26.4 Å². The average molecular weight is 589 g/mol. The first-order valence-electron chi connectivity index (χ1n) is 15.0. The van der Waals surface area contributed by atoms with Crippen LogP contribution in [0.15, 0.2) is 97.1 Å². The molecule has 44 heavy (non-hydrogen) atoms. The van der Waals surface area contributed by atoms with Crippen molar-refractivity contribution in [2.75, 3.05) is 26.4 Å². The summed E-state index contributed by atoms with van der Waals surface area (Å²) < 4.78 is 22.6. The minimum atomic E-state index is -0.245. The summed E-state index contributed by atoms with van der Waals surface area (Å²) >= 11 is 0. The Morgan fingerprint density at radius 1 is 0.341 bits per heavy atom. The molecule has 0 aromatic heterocycles. The fourth-order valence-electron chi connectivity index (χ4n) is 5.34. The van der Waals surface area contributed by atoms with Crippen molar-refractivity contribution in [2.24, 2.45) is 0 Å². The Morgan fingerprint density at radius 3 is 0.682 bits per heavy atom. The van der Waals surface area contributed by atoms with Crippen LogP contribution in [-0.2, 0) is 9.59 Å². The monoisotopic (exact) mass is 588 g/mol. The first-order valence-corrected chi connectivity index (χ1v) is 15.0. The van der Waals surface area contributed by atoms with Crippen molar-refractivity contribution in [1.29, 1.82) is 0 Å². The van der Waals surface area contributed by atoms with Crippen molar-refractivity contribution in [3.8, 4) is 23.0 Å². The van der Waals surface area contributed by atoms with Gasteiger partial charge in [-0.1, -0.05) is 48.5 Å². The molecule has 224 valence electrons. The highest BCUT2D eigenvalue weighted by molar-refractivity contribution is 6.66. The number of carbonyl (C=O) groups is 2. The molecule has 0 N–H and O–H groups in total. The third kappa shape index (κ3) is 6.30. The largest absolute Gasteiger partial charge is 0.494 e. The van der Waals surface area contributed by atoms with Crippen molar-refractivity contribution in [3.63, 3.8) is 0 Å². The molecule has 0 amide bonds. The normalized spacial score (nSPS) is 13.3. The Balaban J connectivity index is 1.75. The zero-order valence-corrected chi connectivity index (χ0v) is 25.5. The van der Waals surface area contributed by atoms with Crippen LogP contribution < -0.4 is 18.9 Å². The molecule has 1 aliphatic carbocycles. The number of ketones is 2. The van der Waals surface area contributed by atoms with E-state index in [9.17, 15) is 9.59 Å². The van der Waals surface area contributed by atoms with Gasteiger partial charge >= 0.3 is 0 Å². The highest BCUT2D eigenvalue weighted by atomic mass is 16.5. The summed E-state index contributed by atoms with van der Waals surface area (Å²) in [4.78, 5) is 29.6. The lowest BCUT2D eigenvalue weighted by atomic mass is 9.75. The van der Waals surface area contributed by atoms with Gasteiger partial charge in [-0.3, -0.25) is 9.59 Å². The SMILES string of the molecule is CCOc1ccc(C2=C(c3ccc(OCC)cc3)C(=O)C(c3ccc(OCC)cc3)=C(c3ccc(OCC)cc3)C2=O)cc1. The average Bonchev–Trinajstić information content (AvgIpc) is 3.04. The van der Waals surface area contributed by atoms with Crippen molar-refractivity contribution < 1.29 is 28.5 Å². The van der Waals surface area contributed by atoms with E-state index in [1.165, 1.54) is 0 Å². The second-order valence-corrected chi connectivity index (χ2v) is 9.99. The second-order valence-electron chi connectivity index (χ2n) is 9.99. The first-order chi connectivity index (χ1) is 21.5. The lowest BCUT2D eigenvalue weighted by Gasteiger charge is -2.25. The Kier molecular flexibility index (Phi) is 9.60. The van der Waals surface area contributed by atoms with Crippen molar-refractivity contribution >= 4 is 33.9 Å². The van der Waals surface area contributed by atoms with Gasteiger partial charge in [0.1, 0.15) is 23.0 Å². The molecule has 0 spiro atoms. The van der Waals surface area contributed by atoms with Gasteiger partial charge < -0.3 is 18.9 Å². The van der Waals surface area contributed by atoms with Crippen molar-refractivity contribution in [3.05, 3.63) is 119 Å². The lowest BCUT2D eigenvalue weighted by Crippen LogP contribution is -2.22.